The van der Waals surface area contributed by atoms with Gasteiger partial charge in [-0.25, -0.2) is 0 Å². The van der Waals surface area contributed by atoms with Crippen molar-refractivity contribution in [2.24, 2.45) is 0 Å². The summed E-state index contributed by atoms with van der Waals surface area (Å²) >= 11 is 0. The smallest absolute Gasteiger partial charge is 0.236 e. The van der Waals surface area contributed by atoms with E-state index >= 15 is 0 Å². The van der Waals surface area contributed by atoms with Crippen molar-refractivity contribution in [3.05, 3.63) is 71.3 Å². The van der Waals surface area contributed by atoms with Gasteiger partial charge in [-0.2, -0.15) is 0 Å². The minimum Gasteiger partial charge on any atom is -0.395 e. The summed E-state index contributed by atoms with van der Waals surface area (Å²) in [6.07, 6.45) is 6.34. The number of hydrogen-bond acceptors (Lipinski definition) is 4. The molecular weight excluding hydrogens is 398 g/mol. The molecule has 1 N–H and O–H groups in total. The van der Waals surface area contributed by atoms with Crippen molar-refractivity contribution in [2.45, 2.75) is 30.8 Å². The number of nitrogens with zero attached hydrogens (tertiary/aromatic N) is 3. The van der Waals surface area contributed by atoms with Gasteiger partial charge in [0.15, 0.2) is 0 Å². The van der Waals surface area contributed by atoms with Gasteiger partial charge in [0, 0.05) is 31.1 Å². The first kappa shape index (κ1) is 22.7. The number of aliphatic hydroxyl groups is 1. The van der Waals surface area contributed by atoms with Crippen LogP contribution in [-0.2, 0) is 4.79 Å². The zero-order chi connectivity index (χ0) is 22.5. The summed E-state index contributed by atoms with van der Waals surface area (Å²) in [4.78, 5) is 19.2. The van der Waals surface area contributed by atoms with Crippen LogP contribution in [0.25, 0.3) is 12.2 Å². The van der Waals surface area contributed by atoms with Gasteiger partial charge in [0.2, 0.25) is 5.91 Å². The summed E-state index contributed by atoms with van der Waals surface area (Å²) in [7, 11) is 3.88. The Morgan fingerprint density at radius 1 is 1.00 bits per heavy atom. The molecule has 0 spiro atoms. The average molecular weight is 434 g/mol. The molecule has 0 saturated carbocycles. The monoisotopic (exact) mass is 433 g/mol. The highest BCUT2D eigenvalue weighted by molar-refractivity contribution is 5.78. The molecular formula is C27H35N3O2. The standard InChI is InChI=1S/C27H35N3O2/c1-28(2)19-26(32)29-16-6-7-17-30-24(18-29)27(25(30)20-31)23-14-12-22(13-15-23)11-10-21-8-4-3-5-9-21/h3-5,8-15,24-25,27,31H,6-7,16-20H2,1-2H3/b11-10+/t24-,25+,27-/m0/s1. The molecule has 2 fully saturated rings. The molecule has 0 aliphatic carbocycles. The lowest BCUT2D eigenvalue weighted by Crippen LogP contribution is -2.68. The topological polar surface area (TPSA) is 47.0 Å². The van der Waals surface area contributed by atoms with Crippen molar-refractivity contribution in [3.63, 3.8) is 0 Å². The Kier molecular flexibility index (Phi) is 7.40. The van der Waals surface area contributed by atoms with E-state index in [1.165, 1.54) is 11.1 Å². The van der Waals surface area contributed by atoms with E-state index in [1.54, 1.807) is 0 Å². The molecule has 0 bridgehead atoms. The SMILES string of the molecule is CN(C)CC(=O)N1CCCCN2[C@H](CO)[C@@H](c3ccc(/C=C/c4ccccc4)cc3)[C@@H]2C1. The van der Waals surface area contributed by atoms with E-state index in [1.807, 2.05) is 42.1 Å². The van der Waals surface area contributed by atoms with E-state index in [4.69, 9.17) is 0 Å². The fraction of sp³-hybridized carbons (Fsp3) is 0.444. The Morgan fingerprint density at radius 2 is 1.66 bits per heavy atom. The molecule has 2 heterocycles. The molecule has 0 radical (unpaired) electrons. The third-order valence-electron chi connectivity index (χ3n) is 6.76. The van der Waals surface area contributed by atoms with Crippen LogP contribution >= 0.6 is 0 Å². The molecule has 1 amide bonds. The first-order valence-electron chi connectivity index (χ1n) is 11.7. The van der Waals surface area contributed by atoms with Gasteiger partial charge in [0.05, 0.1) is 13.2 Å². The third kappa shape index (κ3) is 5.12. The fourth-order valence-electron chi connectivity index (χ4n) is 5.12. The largest absolute Gasteiger partial charge is 0.395 e. The summed E-state index contributed by atoms with van der Waals surface area (Å²) in [6, 6.07) is 19.4. The highest BCUT2D eigenvalue weighted by atomic mass is 16.3. The number of carbonyl (C=O) groups is 1. The molecule has 5 nitrogen and oxygen atoms in total. The van der Waals surface area contributed by atoms with Crippen LogP contribution in [0, 0.1) is 0 Å². The molecule has 3 atom stereocenters. The fourth-order valence-corrected chi connectivity index (χ4v) is 5.12. The second-order valence-corrected chi connectivity index (χ2v) is 9.28. The molecule has 4 rings (SSSR count). The molecule has 2 aliphatic rings. The van der Waals surface area contributed by atoms with Crippen LogP contribution in [0.2, 0.25) is 0 Å². The number of rotatable bonds is 6. The van der Waals surface area contributed by atoms with E-state index in [-0.39, 0.29) is 30.5 Å². The minimum absolute atomic E-state index is 0.134. The molecule has 2 aromatic carbocycles. The van der Waals surface area contributed by atoms with E-state index in [0.717, 1.165) is 38.0 Å². The predicted molar refractivity (Wildman–Crippen MR) is 130 cm³/mol. The van der Waals surface area contributed by atoms with Crippen LogP contribution < -0.4 is 0 Å². The number of likely N-dealkylation sites (N-methyl/N-ethyl adjacent to an activating group) is 1. The van der Waals surface area contributed by atoms with Gasteiger partial charge in [-0.3, -0.25) is 9.69 Å². The zero-order valence-corrected chi connectivity index (χ0v) is 19.2. The number of fused-ring (bicyclic) bond motifs is 1. The van der Waals surface area contributed by atoms with Gasteiger partial charge in [0.25, 0.3) is 0 Å². The van der Waals surface area contributed by atoms with Gasteiger partial charge < -0.3 is 14.9 Å². The Morgan fingerprint density at radius 3 is 2.31 bits per heavy atom. The highest BCUT2D eigenvalue weighted by Gasteiger charge is 2.49. The lowest BCUT2D eigenvalue weighted by molar-refractivity contribution is -0.137. The summed E-state index contributed by atoms with van der Waals surface area (Å²) in [5.41, 5.74) is 3.60. The van der Waals surface area contributed by atoms with Crippen molar-refractivity contribution in [1.29, 1.82) is 0 Å². The Labute approximate surface area is 191 Å². The van der Waals surface area contributed by atoms with E-state index in [2.05, 4.69) is 53.5 Å². The summed E-state index contributed by atoms with van der Waals surface area (Å²) in [6.45, 7) is 3.17. The molecule has 0 aromatic heterocycles. The van der Waals surface area contributed by atoms with E-state index < -0.39 is 0 Å². The number of aliphatic hydroxyl groups excluding tert-OH is 1. The first-order valence-corrected chi connectivity index (χ1v) is 11.7. The number of amides is 1. The third-order valence-corrected chi connectivity index (χ3v) is 6.76. The highest BCUT2D eigenvalue weighted by Crippen LogP contribution is 2.42. The predicted octanol–water partition coefficient (Wildman–Crippen LogP) is 3.17. The van der Waals surface area contributed by atoms with Gasteiger partial charge in [-0.1, -0.05) is 66.7 Å². The molecule has 32 heavy (non-hydrogen) atoms. The number of carbonyl (C=O) groups excluding carboxylic acids is 1. The molecule has 0 unspecified atom stereocenters. The van der Waals surface area contributed by atoms with Crippen LogP contribution in [0.1, 0.15) is 35.4 Å². The summed E-state index contributed by atoms with van der Waals surface area (Å²) in [5.74, 6) is 0.448. The van der Waals surface area contributed by atoms with Gasteiger partial charge in [-0.15, -0.1) is 0 Å². The van der Waals surface area contributed by atoms with Crippen molar-refractivity contribution in [1.82, 2.24) is 14.7 Å². The van der Waals surface area contributed by atoms with Crippen LogP contribution in [-0.4, -0.2) is 84.7 Å². The first-order chi connectivity index (χ1) is 15.6. The van der Waals surface area contributed by atoms with Gasteiger partial charge in [0.1, 0.15) is 0 Å². The number of benzene rings is 2. The second-order valence-electron chi connectivity index (χ2n) is 9.28. The molecule has 5 heteroatoms. The van der Waals surface area contributed by atoms with Gasteiger partial charge >= 0.3 is 0 Å². The van der Waals surface area contributed by atoms with Crippen LogP contribution in [0.15, 0.2) is 54.6 Å². The van der Waals surface area contributed by atoms with Crippen LogP contribution in [0.3, 0.4) is 0 Å². The lowest BCUT2D eigenvalue weighted by Gasteiger charge is -2.57. The maximum atomic E-state index is 12.8. The van der Waals surface area contributed by atoms with Crippen LogP contribution in [0.4, 0.5) is 0 Å². The van der Waals surface area contributed by atoms with Crippen LogP contribution in [0.5, 0.6) is 0 Å². The zero-order valence-electron chi connectivity index (χ0n) is 19.2. The average Bonchev–Trinajstić information content (AvgIpc) is 2.77. The Bertz CT molecular complexity index is 910. The lowest BCUT2D eigenvalue weighted by atomic mass is 9.74. The normalized spacial score (nSPS) is 24.1. The van der Waals surface area contributed by atoms with Crippen molar-refractivity contribution in [2.75, 3.05) is 46.9 Å². The van der Waals surface area contributed by atoms with Gasteiger partial charge in [-0.05, 0) is 50.2 Å². The maximum Gasteiger partial charge on any atom is 0.236 e. The summed E-state index contributed by atoms with van der Waals surface area (Å²) in [5, 5.41) is 10.1. The minimum atomic E-state index is 0.134. The number of hydrogen-bond donors (Lipinski definition) is 1. The Balaban J connectivity index is 1.49. The molecule has 2 aliphatic heterocycles. The second kappa shape index (κ2) is 10.4. The molecule has 170 valence electrons. The summed E-state index contributed by atoms with van der Waals surface area (Å²) < 4.78 is 0. The molecule has 2 saturated heterocycles. The van der Waals surface area contributed by atoms with Crippen molar-refractivity contribution >= 4 is 18.1 Å². The Hall–Kier alpha value is -2.47. The molecule has 2 aromatic rings. The quantitative estimate of drug-likeness (QED) is 0.711. The van der Waals surface area contributed by atoms with Crippen molar-refractivity contribution in [3.8, 4) is 0 Å². The van der Waals surface area contributed by atoms with E-state index in [0.29, 0.717) is 6.54 Å². The maximum absolute atomic E-state index is 12.8. The van der Waals surface area contributed by atoms with Crippen molar-refractivity contribution < 1.29 is 9.90 Å². The van der Waals surface area contributed by atoms with E-state index in [9.17, 15) is 9.90 Å².